The fraction of sp³-hybridized carbons (Fsp3) is 0.240. The third-order valence-electron chi connectivity index (χ3n) is 6.13. The molecule has 3 N–H and O–H groups in total. The van der Waals surface area contributed by atoms with E-state index in [-0.39, 0.29) is 17.9 Å². The third kappa shape index (κ3) is 4.39. The van der Waals surface area contributed by atoms with Gasteiger partial charge in [-0.05, 0) is 49.3 Å². The van der Waals surface area contributed by atoms with Gasteiger partial charge in [-0.25, -0.2) is 22.9 Å². The summed E-state index contributed by atoms with van der Waals surface area (Å²) in [5, 5.41) is 7.29. The number of urea groups is 1. The molecule has 0 bridgehead atoms. The molecule has 1 saturated heterocycles. The van der Waals surface area contributed by atoms with E-state index in [9.17, 15) is 22.8 Å². The molecule has 8 nitrogen and oxygen atoms in total. The number of amides is 3. The van der Waals surface area contributed by atoms with E-state index < -0.39 is 35.2 Å². The molecule has 5 rings (SSSR count). The molecule has 0 unspecified atom stereocenters. The predicted octanol–water partition coefficient (Wildman–Crippen LogP) is 4.33. The van der Waals surface area contributed by atoms with Gasteiger partial charge in [0.2, 0.25) is 5.91 Å². The van der Waals surface area contributed by atoms with Gasteiger partial charge in [0.1, 0.15) is 40.7 Å². The molecule has 3 amide bonds. The summed E-state index contributed by atoms with van der Waals surface area (Å²) in [6.07, 6.45) is 5.49. The van der Waals surface area contributed by atoms with Crippen molar-refractivity contribution in [3.8, 4) is 5.75 Å². The van der Waals surface area contributed by atoms with Gasteiger partial charge in [-0.3, -0.25) is 4.79 Å². The maximum Gasteiger partial charge on any atom is 0.319 e. The Hall–Kier alpha value is -4.28. The second-order valence-electron chi connectivity index (χ2n) is 8.57. The van der Waals surface area contributed by atoms with Crippen LogP contribution in [0.4, 0.5) is 29.5 Å². The molecule has 2 aliphatic heterocycles. The van der Waals surface area contributed by atoms with Crippen LogP contribution in [0.15, 0.2) is 60.2 Å². The van der Waals surface area contributed by atoms with Crippen LogP contribution in [0.3, 0.4) is 0 Å². The van der Waals surface area contributed by atoms with E-state index in [1.807, 2.05) is 5.32 Å². The van der Waals surface area contributed by atoms with Crippen molar-refractivity contribution in [2.45, 2.75) is 31.9 Å². The van der Waals surface area contributed by atoms with Gasteiger partial charge in [0.25, 0.3) is 0 Å². The summed E-state index contributed by atoms with van der Waals surface area (Å²) in [7, 11) is 0. The summed E-state index contributed by atoms with van der Waals surface area (Å²) in [5.74, 6) is -1.94. The van der Waals surface area contributed by atoms with E-state index in [1.165, 1.54) is 0 Å². The van der Waals surface area contributed by atoms with Crippen molar-refractivity contribution in [2.75, 3.05) is 10.6 Å². The maximum absolute atomic E-state index is 13.8. The first-order valence-electron chi connectivity index (χ1n) is 11.1. The first-order valence-corrected chi connectivity index (χ1v) is 11.1. The molecule has 2 fully saturated rings. The number of carbonyl (C=O) groups is 2. The first kappa shape index (κ1) is 23.5. The van der Waals surface area contributed by atoms with Gasteiger partial charge in [-0.15, -0.1) is 0 Å². The van der Waals surface area contributed by atoms with Crippen molar-refractivity contribution in [3.63, 3.8) is 0 Å². The normalized spacial score (nSPS) is 23.4. The zero-order valence-corrected chi connectivity index (χ0v) is 19.0. The molecule has 3 atom stereocenters. The van der Waals surface area contributed by atoms with Crippen LogP contribution in [0.25, 0.3) is 0 Å². The SMILES string of the molecule is C=C1/C(=C\C=C(/C)Oc2ccnc3c2CCC(=O)N3)O[C@@H]2[C@@H](NC(=O)Nc3c(F)ccc(F)c3F)[C@H]12. The van der Waals surface area contributed by atoms with Crippen LogP contribution in [-0.4, -0.2) is 29.1 Å². The first-order chi connectivity index (χ1) is 17.2. The molecule has 186 valence electrons. The minimum Gasteiger partial charge on any atom is -0.487 e. The zero-order valence-electron chi connectivity index (χ0n) is 19.0. The van der Waals surface area contributed by atoms with Crippen molar-refractivity contribution >= 4 is 23.4 Å². The van der Waals surface area contributed by atoms with E-state index in [2.05, 4.69) is 22.2 Å². The van der Waals surface area contributed by atoms with Crippen LogP contribution in [0.2, 0.25) is 0 Å². The Balaban J connectivity index is 1.18. The van der Waals surface area contributed by atoms with Crippen molar-refractivity contribution in [1.82, 2.24) is 10.3 Å². The van der Waals surface area contributed by atoms with Crippen molar-refractivity contribution in [2.24, 2.45) is 5.92 Å². The number of allylic oxidation sites excluding steroid dienone is 4. The summed E-state index contributed by atoms with van der Waals surface area (Å²) in [5.41, 5.74) is 0.615. The number of carbonyl (C=O) groups excluding carboxylic acids is 2. The predicted molar refractivity (Wildman–Crippen MR) is 123 cm³/mol. The molecule has 3 heterocycles. The number of nitrogens with zero attached hydrogens (tertiary/aromatic N) is 1. The van der Waals surface area contributed by atoms with Crippen LogP contribution in [0.1, 0.15) is 18.9 Å². The van der Waals surface area contributed by atoms with Crippen LogP contribution in [0, 0.1) is 23.4 Å². The quantitative estimate of drug-likeness (QED) is 0.421. The number of hydrogen-bond donors (Lipinski definition) is 3. The number of rotatable bonds is 5. The molecule has 11 heteroatoms. The molecule has 3 aliphatic rings. The summed E-state index contributed by atoms with van der Waals surface area (Å²) in [6.45, 7) is 5.78. The standard InChI is InChI=1S/C25H21F3N4O4/c1-11(35-17-9-10-29-24-13(17)4-8-18(33)30-24)3-7-16-12(2)19-22(23(19)36-16)32-25(34)31-21-15(27)6-5-14(26)20(21)28/h3,5-7,9-10,19,22-23H,2,4,8H2,1H3,(H,29,30,33)(H2,31,32,34)/b11-3+,16-7+/t19-,22-,23-/m0/s1. The highest BCUT2D eigenvalue weighted by atomic mass is 19.2. The lowest BCUT2D eigenvalue weighted by atomic mass is 10.1. The average molecular weight is 498 g/mol. The maximum atomic E-state index is 13.8. The fourth-order valence-electron chi connectivity index (χ4n) is 4.25. The summed E-state index contributed by atoms with van der Waals surface area (Å²) in [6, 6.07) is 1.76. The largest absolute Gasteiger partial charge is 0.487 e. The van der Waals surface area contributed by atoms with Crippen LogP contribution < -0.4 is 20.7 Å². The number of fused-ring (bicyclic) bond motifs is 2. The van der Waals surface area contributed by atoms with Gasteiger partial charge in [-0.2, -0.15) is 0 Å². The van der Waals surface area contributed by atoms with Crippen LogP contribution in [0.5, 0.6) is 5.75 Å². The molecule has 0 spiro atoms. The van der Waals surface area contributed by atoms with Crippen LogP contribution >= 0.6 is 0 Å². The third-order valence-corrected chi connectivity index (χ3v) is 6.13. The van der Waals surface area contributed by atoms with E-state index in [4.69, 9.17) is 9.47 Å². The number of pyridine rings is 1. The lowest BCUT2D eigenvalue weighted by Gasteiger charge is -2.18. The number of anilines is 2. The Morgan fingerprint density at radius 1 is 1.25 bits per heavy atom. The Morgan fingerprint density at radius 2 is 2.03 bits per heavy atom. The van der Waals surface area contributed by atoms with Gasteiger partial charge in [-0.1, -0.05) is 6.58 Å². The Labute approximate surface area is 203 Å². The Kier molecular flexibility index (Phi) is 5.91. The Morgan fingerprint density at radius 3 is 2.78 bits per heavy atom. The van der Waals surface area contributed by atoms with Crippen LogP contribution in [-0.2, 0) is 16.0 Å². The number of benzene rings is 1. The fourth-order valence-corrected chi connectivity index (χ4v) is 4.25. The zero-order chi connectivity index (χ0) is 25.6. The lowest BCUT2D eigenvalue weighted by molar-refractivity contribution is -0.116. The number of hydrogen-bond acceptors (Lipinski definition) is 5. The van der Waals surface area contributed by atoms with Gasteiger partial charge in [0.05, 0.1) is 12.0 Å². The summed E-state index contributed by atoms with van der Waals surface area (Å²) < 4.78 is 52.6. The summed E-state index contributed by atoms with van der Waals surface area (Å²) in [4.78, 5) is 27.9. The van der Waals surface area contributed by atoms with Gasteiger partial charge in [0.15, 0.2) is 11.6 Å². The average Bonchev–Trinajstić information content (AvgIpc) is 3.40. The molecule has 1 aromatic carbocycles. The highest BCUT2D eigenvalue weighted by Gasteiger charge is 2.60. The van der Waals surface area contributed by atoms with E-state index in [1.54, 1.807) is 31.3 Å². The molecular formula is C25H21F3N4O4. The lowest BCUT2D eigenvalue weighted by Crippen LogP contribution is -2.34. The number of halogens is 3. The van der Waals surface area contributed by atoms with Crippen molar-refractivity contribution in [3.05, 3.63) is 83.2 Å². The van der Waals surface area contributed by atoms with Crippen molar-refractivity contribution < 1.29 is 32.2 Å². The second kappa shape index (κ2) is 9.06. The highest BCUT2D eigenvalue weighted by Crippen LogP contribution is 2.50. The minimum absolute atomic E-state index is 0.0850. The van der Waals surface area contributed by atoms with Crippen molar-refractivity contribution in [1.29, 1.82) is 0 Å². The molecule has 1 saturated carbocycles. The number of nitrogens with one attached hydrogen (secondary N) is 3. The van der Waals surface area contributed by atoms with E-state index >= 15 is 0 Å². The van der Waals surface area contributed by atoms with Gasteiger partial charge >= 0.3 is 6.03 Å². The minimum atomic E-state index is -1.48. The smallest absolute Gasteiger partial charge is 0.319 e. The molecule has 36 heavy (non-hydrogen) atoms. The number of ether oxygens (including phenoxy) is 2. The molecular weight excluding hydrogens is 477 g/mol. The summed E-state index contributed by atoms with van der Waals surface area (Å²) >= 11 is 0. The molecule has 0 radical (unpaired) electrons. The second-order valence-corrected chi connectivity index (χ2v) is 8.57. The molecule has 1 aliphatic carbocycles. The van der Waals surface area contributed by atoms with E-state index in [0.29, 0.717) is 47.6 Å². The highest BCUT2D eigenvalue weighted by molar-refractivity contribution is 5.93. The molecule has 1 aromatic heterocycles. The van der Waals surface area contributed by atoms with Gasteiger partial charge < -0.3 is 25.4 Å². The topological polar surface area (TPSA) is 102 Å². The van der Waals surface area contributed by atoms with E-state index in [0.717, 1.165) is 11.6 Å². The Bertz CT molecular complexity index is 1360. The molecule has 2 aromatic rings. The van der Waals surface area contributed by atoms with Gasteiger partial charge in [0, 0.05) is 18.2 Å². The monoisotopic (exact) mass is 498 g/mol. The number of aromatic nitrogens is 1.